The van der Waals surface area contributed by atoms with E-state index in [0.717, 1.165) is 19.3 Å². The van der Waals surface area contributed by atoms with E-state index in [9.17, 15) is 19.7 Å². The van der Waals surface area contributed by atoms with E-state index in [1.165, 1.54) is 6.07 Å². The lowest BCUT2D eigenvalue weighted by molar-refractivity contribution is -0.383. The molecule has 1 aromatic rings. The number of amides is 2. The zero-order valence-electron chi connectivity index (χ0n) is 14.7. The average molecular weight is 364 g/mol. The van der Waals surface area contributed by atoms with Gasteiger partial charge in [0.05, 0.1) is 10.6 Å². The highest BCUT2D eigenvalue weighted by Crippen LogP contribution is 2.37. The average Bonchev–Trinajstić information content (AvgIpc) is 3.00. The Morgan fingerprint density at radius 2 is 2.19 bits per heavy atom. The number of carboxylic acid groups (broad SMARTS) is 1. The maximum atomic E-state index is 12.1. The van der Waals surface area contributed by atoms with E-state index < -0.39 is 11.0 Å². The number of para-hydroxylation sites is 1. The maximum Gasteiger partial charge on any atom is 0.404 e. The van der Waals surface area contributed by atoms with Crippen LogP contribution in [0.5, 0.6) is 0 Å². The van der Waals surface area contributed by atoms with E-state index in [-0.39, 0.29) is 17.6 Å². The van der Waals surface area contributed by atoms with Gasteiger partial charge in [0.25, 0.3) is 5.69 Å². The highest BCUT2D eigenvalue weighted by atomic mass is 16.6. The van der Waals surface area contributed by atoms with Gasteiger partial charge in [0.15, 0.2) is 0 Å². The van der Waals surface area contributed by atoms with E-state index >= 15 is 0 Å². The second kappa shape index (κ2) is 9.02. The van der Waals surface area contributed by atoms with Crippen molar-refractivity contribution in [2.45, 2.75) is 45.1 Å². The monoisotopic (exact) mass is 364 g/mol. The zero-order chi connectivity index (χ0) is 19.1. The van der Waals surface area contributed by atoms with Gasteiger partial charge in [-0.05, 0) is 38.7 Å². The van der Waals surface area contributed by atoms with E-state index in [1.54, 1.807) is 17.0 Å². The molecule has 26 heavy (non-hydrogen) atoms. The number of anilines is 2. The van der Waals surface area contributed by atoms with Crippen molar-refractivity contribution in [3.63, 3.8) is 0 Å². The van der Waals surface area contributed by atoms with Crippen LogP contribution in [0.3, 0.4) is 0 Å². The van der Waals surface area contributed by atoms with Gasteiger partial charge in [-0.25, -0.2) is 4.79 Å². The van der Waals surface area contributed by atoms with Crippen LogP contribution in [-0.4, -0.2) is 41.2 Å². The minimum atomic E-state index is -1.05. The van der Waals surface area contributed by atoms with E-state index in [0.29, 0.717) is 37.3 Å². The van der Waals surface area contributed by atoms with Crippen LogP contribution in [0.4, 0.5) is 21.9 Å². The van der Waals surface area contributed by atoms with Gasteiger partial charge in [-0.1, -0.05) is 6.07 Å². The first-order valence-electron chi connectivity index (χ1n) is 8.71. The fourth-order valence-electron chi connectivity index (χ4n) is 3.05. The molecule has 1 atom stereocenters. The molecule has 1 heterocycles. The molecular formula is C17H24N4O5. The Labute approximate surface area is 151 Å². The third-order valence-electron chi connectivity index (χ3n) is 4.31. The Kier molecular flexibility index (Phi) is 6.76. The van der Waals surface area contributed by atoms with Crippen molar-refractivity contribution >= 4 is 29.1 Å². The number of carbonyl (C=O) groups is 2. The fraction of sp³-hybridized carbons (Fsp3) is 0.529. The van der Waals surface area contributed by atoms with Crippen molar-refractivity contribution in [1.29, 1.82) is 0 Å². The van der Waals surface area contributed by atoms with Gasteiger partial charge in [-0.2, -0.15) is 0 Å². The number of hydrogen-bond donors (Lipinski definition) is 3. The van der Waals surface area contributed by atoms with E-state index in [4.69, 9.17) is 5.11 Å². The molecule has 3 N–H and O–H groups in total. The first-order chi connectivity index (χ1) is 12.4. The van der Waals surface area contributed by atoms with Crippen LogP contribution < -0.4 is 15.5 Å². The van der Waals surface area contributed by atoms with Crippen molar-refractivity contribution in [3.8, 4) is 0 Å². The number of benzene rings is 1. The predicted molar refractivity (Wildman–Crippen MR) is 97.6 cm³/mol. The summed E-state index contributed by atoms with van der Waals surface area (Å²) < 4.78 is 0. The minimum Gasteiger partial charge on any atom is -0.465 e. The molecule has 0 aromatic heterocycles. The Hall–Kier alpha value is -2.84. The Morgan fingerprint density at radius 3 is 2.81 bits per heavy atom. The van der Waals surface area contributed by atoms with Gasteiger partial charge in [-0.15, -0.1) is 0 Å². The summed E-state index contributed by atoms with van der Waals surface area (Å²) in [4.78, 5) is 35.0. The lowest BCUT2D eigenvalue weighted by Crippen LogP contribution is -2.26. The van der Waals surface area contributed by atoms with Gasteiger partial charge in [-0.3, -0.25) is 14.9 Å². The van der Waals surface area contributed by atoms with Crippen LogP contribution in [0.25, 0.3) is 0 Å². The third-order valence-corrected chi connectivity index (χ3v) is 4.31. The van der Waals surface area contributed by atoms with Crippen molar-refractivity contribution in [2.24, 2.45) is 0 Å². The van der Waals surface area contributed by atoms with Gasteiger partial charge in [0.1, 0.15) is 5.69 Å². The summed E-state index contributed by atoms with van der Waals surface area (Å²) in [7, 11) is 0. The van der Waals surface area contributed by atoms with Gasteiger partial charge in [0, 0.05) is 31.6 Å². The summed E-state index contributed by atoms with van der Waals surface area (Å²) in [5.41, 5.74) is 0.853. The summed E-state index contributed by atoms with van der Waals surface area (Å²) in [6, 6.07) is 4.68. The van der Waals surface area contributed by atoms with Crippen LogP contribution in [0, 0.1) is 10.1 Å². The summed E-state index contributed by atoms with van der Waals surface area (Å²) in [5, 5.41) is 25.4. The minimum absolute atomic E-state index is 0.0269. The molecule has 1 fully saturated rings. The normalized spacial score (nSPS) is 15.0. The molecule has 0 aliphatic carbocycles. The zero-order valence-corrected chi connectivity index (χ0v) is 14.7. The number of unbranched alkanes of at least 4 members (excludes halogenated alkanes) is 1. The number of hydrogen-bond acceptors (Lipinski definition) is 5. The lowest BCUT2D eigenvalue weighted by Gasteiger charge is -2.23. The molecule has 0 unspecified atom stereocenters. The summed E-state index contributed by atoms with van der Waals surface area (Å²) in [5.74, 6) is -0.0269. The molecule has 1 saturated heterocycles. The highest BCUT2D eigenvalue weighted by Gasteiger charge is 2.28. The second-order valence-electron chi connectivity index (χ2n) is 6.35. The summed E-state index contributed by atoms with van der Waals surface area (Å²) in [6.07, 6.45) is 2.33. The lowest BCUT2D eigenvalue weighted by atomic mass is 10.1. The molecule has 0 radical (unpaired) electrons. The molecule has 1 aliphatic rings. The molecule has 1 aliphatic heterocycles. The van der Waals surface area contributed by atoms with Gasteiger partial charge < -0.3 is 20.6 Å². The highest BCUT2D eigenvalue weighted by molar-refractivity contribution is 6.00. The molecule has 142 valence electrons. The molecule has 0 saturated carbocycles. The fourth-order valence-corrected chi connectivity index (χ4v) is 3.05. The van der Waals surface area contributed by atoms with Crippen LogP contribution in [-0.2, 0) is 4.79 Å². The first-order valence-corrected chi connectivity index (χ1v) is 8.71. The van der Waals surface area contributed by atoms with Crippen LogP contribution in [0.15, 0.2) is 18.2 Å². The molecule has 0 bridgehead atoms. The summed E-state index contributed by atoms with van der Waals surface area (Å²) >= 11 is 0. The molecule has 2 amide bonds. The number of rotatable bonds is 9. The van der Waals surface area contributed by atoms with Crippen LogP contribution in [0.1, 0.15) is 39.0 Å². The first kappa shape index (κ1) is 19.5. The van der Waals surface area contributed by atoms with Gasteiger partial charge in [0.2, 0.25) is 5.91 Å². The quantitative estimate of drug-likeness (QED) is 0.351. The standard InChI is InChI=1S/C17H24N4O5/c1-12(6-2-3-10-18-17(23)24)19-16-13(20-11-5-9-15(20)22)7-4-8-14(16)21(25)26/h4,7-8,12,18-19H,2-3,5-6,9-11H2,1H3,(H,23,24)/t12-/m0/s1. The van der Waals surface area contributed by atoms with Gasteiger partial charge >= 0.3 is 6.09 Å². The molecule has 9 heteroatoms. The van der Waals surface area contributed by atoms with Crippen molar-refractivity contribution in [3.05, 3.63) is 28.3 Å². The summed E-state index contributed by atoms with van der Waals surface area (Å²) in [6.45, 7) is 2.85. The predicted octanol–water partition coefficient (Wildman–Crippen LogP) is 2.96. The number of nitro groups is 1. The van der Waals surface area contributed by atoms with E-state index in [1.807, 2.05) is 6.92 Å². The number of nitro benzene ring substituents is 1. The Balaban J connectivity index is 2.07. The van der Waals surface area contributed by atoms with Crippen molar-refractivity contribution in [1.82, 2.24) is 5.32 Å². The molecule has 0 spiro atoms. The molecular weight excluding hydrogens is 340 g/mol. The molecule has 1 aromatic carbocycles. The number of nitrogens with one attached hydrogen (secondary N) is 2. The van der Waals surface area contributed by atoms with Crippen LogP contribution >= 0.6 is 0 Å². The third kappa shape index (κ3) is 5.08. The SMILES string of the molecule is C[C@@H](CCCCNC(=O)O)Nc1c(N2CCCC2=O)cccc1[N+](=O)[O-]. The molecule has 2 rings (SSSR count). The largest absolute Gasteiger partial charge is 0.465 e. The smallest absolute Gasteiger partial charge is 0.404 e. The number of carbonyl (C=O) groups excluding carboxylic acids is 1. The van der Waals surface area contributed by atoms with Crippen molar-refractivity contribution in [2.75, 3.05) is 23.3 Å². The topological polar surface area (TPSA) is 125 Å². The second-order valence-corrected chi connectivity index (χ2v) is 6.35. The van der Waals surface area contributed by atoms with E-state index in [2.05, 4.69) is 10.6 Å². The van der Waals surface area contributed by atoms with Crippen LogP contribution in [0.2, 0.25) is 0 Å². The Bertz CT molecular complexity index is 679. The molecule has 9 nitrogen and oxygen atoms in total. The van der Waals surface area contributed by atoms with Crippen molar-refractivity contribution < 1.29 is 19.6 Å². The Morgan fingerprint density at radius 1 is 1.42 bits per heavy atom. The maximum absolute atomic E-state index is 12.1. The number of nitrogens with zero attached hydrogens (tertiary/aromatic N) is 2.